The maximum Gasteiger partial charge on any atom is 0.315 e. The Balaban J connectivity index is 1.98. The molecule has 22 heavy (non-hydrogen) atoms. The Morgan fingerprint density at radius 2 is 2.36 bits per heavy atom. The number of halogens is 1. The highest BCUT2D eigenvalue weighted by Gasteiger charge is 2.13. The van der Waals surface area contributed by atoms with E-state index in [0.717, 1.165) is 36.5 Å². The summed E-state index contributed by atoms with van der Waals surface area (Å²) >= 11 is 12.9. The van der Waals surface area contributed by atoms with Crippen LogP contribution in [0.25, 0.3) is 0 Å². The molecule has 0 saturated carbocycles. The van der Waals surface area contributed by atoms with E-state index >= 15 is 0 Å². The van der Waals surface area contributed by atoms with Crippen LogP contribution in [-0.4, -0.2) is 42.0 Å². The van der Waals surface area contributed by atoms with Gasteiger partial charge >= 0.3 is 5.97 Å². The summed E-state index contributed by atoms with van der Waals surface area (Å²) in [5, 5.41) is 6.36. The van der Waals surface area contributed by atoms with Crippen molar-refractivity contribution in [3.05, 3.63) is 23.2 Å². The van der Waals surface area contributed by atoms with Gasteiger partial charge in [-0.3, -0.25) is 9.80 Å². The number of nitrogens with zero attached hydrogens (tertiary/aromatic N) is 1. The molecule has 1 fully saturated rings. The van der Waals surface area contributed by atoms with Crippen LogP contribution < -0.4 is 10.7 Å². The van der Waals surface area contributed by atoms with Crippen molar-refractivity contribution in [2.45, 2.75) is 17.7 Å². The van der Waals surface area contributed by atoms with Crippen LogP contribution in [0.15, 0.2) is 23.1 Å². The number of hydrogen-bond acceptors (Lipinski definition) is 5. The minimum Gasteiger partial charge on any atom is -0.468 e. The molecule has 0 unspecified atom stereocenters. The third-order valence-corrected chi connectivity index (χ3v) is 4.90. The van der Waals surface area contributed by atoms with Gasteiger partial charge in [0.2, 0.25) is 0 Å². The Morgan fingerprint density at radius 3 is 3.05 bits per heavy atom. The number of hydrazine groups is 1. The predicted octanol–water partition coefficient (Wildman–Crippen LogP) is 2.90. The third-order valence-electron chi connectivity index (χ3n) is 3.11. The molecule has 120 valence electrons. The zero-order valence-corrected chi connectivity index (χ0v) is 14.6. The number of hydrogen-bond donors (Lipinski definition) is 2. The first-order valence-electron chi connectivity index (χ1n) is 6.91. The van der Waals surface area contributed by atoms with Crippen LogP contribution in [0.1, 0.15) is 12.8 Å². The maximum absolute atomic E-state index is 11.2. The topological polar surface area (TPSA) is 53.6 Å². The Labute approximate surface area is 144 Å². The normalized spacial score (nSPS) is 14.5. The molecule has 1 aliphatic rings. The number of thiocarbonyl (C=S) groups is 1. The van der Waals surface area contributed by atoms with E-state index in [2.05, 4.69) is 15.5 Å². The Morgan fingerprint density at radius 1 is 1.55 bits per heavy atom. The highest BCUT2D eigenvalue weighted by Crippen LogP contribution is 2.30. The summed E-state index contributed by atoms with van der Waals surface area (Å²) in [5.74, 6) is -0.0647. The molecular formula is C14H18ClN3O2S2. The summed E-state index contributed by atoms with van der Waals surface area (Å²) in [4.78, 5) is 12.0. The van der Waals surface area contributed by atoms with E-state index < -0.39 is 0 Å². The number of benzene rings is 1. The summed E-state index contributed by atoms with van der Waals surface area (Å²) in [6.45, 7) is 1.83. The monoisotopic (exact) mass is 359 g/mol. The lowest BCUT2D eigenvalue weighted by atomic mass is 10.3. The molecule has 0 radical (unpaired) electrons. The number of thioether (sulfide) groups is 1. The second kappa shape index (κ2) is 8.57. The Bertz CT molecular complexity index is 551. The maximum atomic E-state index is 11.2. The molecule has 5 nitrogen and oxygen atoms in total. The molecule has 1 aromatic carbocycles. The van der Waals surface area contributed by atoms with Crippen LogP contribution in [-0.2, 0) is 9.53 Å². The van der Waals surface area contributed by atoms with Gasteiger partial charge in [-0.15, -0.1) is 11.8 Å². The first kappa shape index (κ1) is 17.3. The molecule has 8 heteroatoms. The molecule has 2 N–H and O–H groups in total. The molecule has 0 aromatic heterocycles. The van der Waals surface area contributed by atoms with Gasteiger partial charge in [0.25, 0.3) is 0 Å². The van der Waals surface area contributed by atoms with Crippen molar-refractivity contribution in [2.75, 3.05) is 31.3 Å². The van der Waals surface area contributed by atoms with E-state index in [0.29, 0.717) is 10.1 Å². The lowest BCUT2D eigenvalue weighted by Crippen LogP contribution is -2.48. The van der Waals surface area contributed by atoms with Crippen molar-refractivity contribution in [3.8, 4) is 0 Å². The molecule has 0 spiro atoms. The van der Waals surface area contributed by atoms with Crippen LogP contribution >= 0.6 is 35.6 Å². The second-order valence-electron chi connectivity index (χ2n) is 4.71. The molecule has 0 amide bonds. The van der Waals surface area contributed by atoms with Crippen molar-refractivity contribution in [1.82, 2.24) is 10.4 Å². The predicted molar refractivity (Wildman–Crippen MR) is 94.4 cm³/mol. The average Bonchev–Trinajstić information content (AvgIpc) is 2.55. The minimum absolute atomic E-state index is 0.220. The molecule has 1 saturated heterocycles. The molecule has 1 heterocycles. The zero-order valence-electron chi connectivity index (χ0n) is 12.2. The van der Waals surface area contributed by atoms with Crippen molar-refractivity contribution in [2.24, 2.45) is 0 Å². The SMILES string of the molecule is COC(=O)CSc1cc(NC(=S)N2CCCCN2)ccc1Cl. The molecule has 1 aliphatic heterocycles. The number of rotatable bonds is 4. The first-order valence-corrected chi connectivity index (χ1v) is 8.68. The van der Waals surface area contributed by atoms with Gasteiger partial charge in [0, 0.05) is 23.7 Å². The van der Waals surface area contributed by atoms with Crippen molar-refractivity contribution < 1.29 is 9.53 Å². The molecular weight excluding hydrogens is 342 g/mol. The summed E-state index contributed by atoms with van der Waals surface area (Å²) in [6.07, 6.45) is 2.28. The molecule has 1 aromatic rings. The standard InChI is InChI=1S/C14H18ClN3O2S2/c1-20-13(19)9-22-12-8-10(4-5-11(12)15)17-14(21)18-7-3-2-6-16-18/h4-5,8,16H,2-3,6-7,9H2,1H3,(H,17,21). The summed E-state index contributed by atoms with van der Waals surface area (Å²) in [6, 6.07) is 5.53. The quantitative estimate of drug-likeness (QED) is 0.487. The van der Waals surface area contributed by atoms with Gasteiger partial charge in [-0.25, -0.2) is 5.43 Å². The number of esters is 1. The van der Waals surface area contributed by atoms with Crippen LogP contribution in [0.3, 0.4) is 0 Å². The second-order valence-corrected chi connectivity index (χ2v) is 6.52. The number of ether oxygens (including phenoxy) is 1. The fraction of sp³-hybridized carbons (Fsp3) is 0.429. The van der Waals surface area contributed by atoms with E-state index in [-0.39, 0.29) is 11.7 Å². The number of carbonyl (C=O) groups is 1. The summed E-state index contributed by atoms with van der Waals surface area (Å²) in [5.41, 5.74) is 4.09. The fourth-order valence-corrected chi connectivity index (χ4v) is 3.30. The highest BCUT2D eigenvalue weighted by atomic mass is 35.5. The molecule has 2 rings (SSSR count). The average molecular weight is 360 g/mol. The number of nitrogens with one attached hydrogen (secondary N) is 2. The lowest BCUT2D eigenvalue weighted by Gasteiger charge is -2.30. The van der Waals surface area contributed by atoms with Crippen molar-refractivity contribution in [1.29, 1.82) is 0 Å². The first-order chi connectivity index (χ1) is 10.6. The third kappa shape index (κ3) is 5.01. The minimum atomic E-state index is -0.285. The lowest BCUT2D eigenvalue weighted by molar-refractivity contribution is -0.137. The molecule has 0 aliphatic carbocycles. The zero-order chi connectivity index (χ0) is 15.9. The number of carbonyl (C=O) groups excluding carboxylic acids is 1. The van der Waals surface area contributed by atoms with Crippen LogP contribution in [0, 0.1) is 0 Å². The van der Waals surface area contributed by atoms with E-state index in [1.165, 1.54) is 18.9 Å². The van der Waals surface area contributed by atoms with Crippen LogP contribution in [0.5, 0.6) is 0 Å². The Kier molecular flexibility index (Phi) is 6.75. The van der Waals surface area contributed by atoms with Gasteiger partial charge in [-0.1, -0.05) is 11.6 Å². The van der Waals surface area contributed by atoms with E-state index in [1.807, 2.05) is 17.1 Å². The van der Waals surface area contributed by atoms with E-state index in [4.69, 9.17) is 23.8 Å². The van der Waals surface area contributed by atoms with Gasteiger partial charge in [0.15, 0.2) is 5.11 Å². The van der Waals surface area contributed by atoms with Gasteiger partial charge in [-0.2, -0.15) is 0 Å². The van der Waals surface area contributed by atoms with Gasteiger partial charge < -0.3 is 10.1 Å². The van der Waals surface area contributed by atoms with Gasteiger partial charge in [0.1, 0.15) is 0 Å². The molecule has 0 bridgehead atoms. The van der Waals surface area contributed by atoms with Crippen molar-refractivity contribution in [3.63, 3.8) is 0 Å². The van der Waals surface area contributed by atoms with Gasteiger partial charge in [0.05, 0.1) is 17.9 Å². The van der Waals surface area contributed by atoms with E-state index in [9.17, 15) is 4.79 Å². The number of methoxy groups -OCH3 is 1. The number of anilines is 1. The fourth-order valence-electron chi connectivity index (χ4n) is 1.94. The smallest absolute Gasteiger partial charge is 0.315 e. The largest absolute Gasteiger partial charge is 0.468 e. The van der Waals surface area contributed by atoms with E-state index in [1.54, 1.807) is 6.07 Å². The van der Waals surface area contributed by atoms with Gasteiger partial charge in [-0.05, 0) is 43.3 Å². The summed E-state index contributed by atoms with van der Waals surface area (Å²) < 4.78 is 4.63. The van der Waals surface area contributed by atoms with Crippen molar-refractivity contribution >= 4 is 52.3 Å². The summed E-state index contributed by atoms with van der Waals surface area (Å²) in [7, 11) is 1.37. The Hall–Kier alpha value is -1.02. The highest BCUT2D eigenvalue weighted by molar-refractivity contribution is 8.00. The molecule has 0 atom stereocenters. The van der Waals surface area contributed by atoms with Crippen LogP contribution in [0.2, 0.25) is 5.02 Å². The van der Waals surface area contributed by atoms with Crippen LogP contribution in [0.4, 0.5) is 5.69 Å².